The smallest absolute Gasteiger partial charge is 0.321 e. The number of nitrogens with one attached hydrogen (secondary N) is 2. The number of anilines is 2. The van der Waals surface area contributed by atoms with Crippen molar-refractivity contribution in [3.05, 3.63) is 35.5 Å². The molecule has 0 aliphatic heterocycles. The van der Waals surface area contributed by atoms with Crippen LogP contribution in [-0.2, 0) is 11.2 Å². The molecule has 3 amide bonds. The van der Waals surface area contributed by atoms with Crippen molar-refractivity contribution in [3.8, 4) is 0 Å². The zero-order valence-corrected chi connectivity index (χ0v) is 14.2. The Morgan fingerprint density at radius 2 is 2.00 bits per heavy atom. The van der Waals surface area contributed by atoms with E-state index in [1.54, 1.807) is 26.1 Å². The van der Waals surface area contributed by atoms with Crippen LogP contribution in [0.15, 0.2) is 22.7 Å². The Labute approximate surface area is 140 Å². The van der Waals surface area contributed by atoms with Crippen molar-refractivity contribution >= 4 is 23.3 Å². The molecule has 0 fully saturated rings. The first-order valence-corrected chi connectivity index (χ1v) is 7.54. The molecule has 0 aliphatic carbocycles. The molecule has 8 heteroatoms. The highest BCUT2D eigenvalue weighted by atomic mass is 16.5. The van der Waals surface area contributed by atoms with E-state index in [2.05, 4.69) is 20.8 Å². The van der Waals surface area contributed by atoms with Gasteiger partial charge in [-0.25, -0.2) is 4.79 Å². The van der Waals surface area contributed by atoms with Gasteiger partial charge in [-0.3, -0.25) is 4.79 Å². The van der Waals surface area contributed by atoms with Gasteiger partial charge in [0.25, 0.3) is 0 Å². The third-order valence-electron chi connectivity index (χ3n) is 3.39. The average Bonchev–Trinajstić information content (AvgIpc) is 2.93. The Morgan fingerprint density at radius 3 is 2.62 bits per heavy atom. The summed E-state index contributed by atoms with van der Waals surface area (Å²) in [7, 11) is 1.69. The van der Waals surface area contributed by atoms with Crippen LogP contribution >= 0.6 is 0 Å². The van der Waals surface area contributed by atoms with Crippen LogP contribution in [0.3, 0.4) is 0 Å². The van der Waals surface area contributed by atoms with Gasteiger partial charge in [0.15, 0.2) is 5.82 Å². The molecule has 0 bridgehead atoms. The zero-order chi connectivity index (χ0) is 17.7. The number of hydrogen-bond donors (Lipinski definition) is 2. The Morgan fingerprint density at radius 1 is 1.25 bits per heavy atom. The van der Waals surface area contributed by atoms with Gasteiger partial charge in [-0.2, -0.15) is 4.98 Å². The average molecular weight is 331 g/mol. The molecular weight excluding hydrogens is 310 g/mol. The van der Waals surface area contributed by atoms with E-state index in [0.717, 1.165) is 5.56 Å². The molecule has 0 unspecified atom stereocenters. The van der Waals surface area contributed by atoms with Crippen molar-refractivity contribution in [2.45, 2.75) is 27.2 Å². The minimum atomic E-state index is -0.252. The highest BCUT2D eigenvalue weighted by Gasteiger charge is 2.12. The van der Waals surface area contributed by atoms with E-state index < -0.39 is 0 Å². The van der Waals surface area contributed by atoms with Crippen LogP contribution in [0.4, 0.5) is 16.2 Å². The van der Waals surface area contributed by atoms with Gasteiger partial charge in [0.05, 0.1) is 0 Å². The third-order valence-corrected chi connectivity index (χ3v) is 3.39. The lowest BCUT2D eigenvalue weighted by atomic mass is 10.2. The highest BCUT2D eigenvalue weighted by molar-refractivity contribution is 5.93. The van der Waals surface area contributed by atoms with Crippen LogP contribution in [0.1, 0.15) is 24.2 Å². The van der Waals surface area contributed by atoms with E-state index in [0.29, 0.717) is 36.1 Å². The molecule has 128 valence electrons. The SMILES string of the molecule is CC(=O)Nc1ccc(C)c(NC(=O)N(C)CCc2noc(C)n2)c1. The number of hydrogen-bond acceptors (Lipinski definition) is 5. The van der Waals surface area contributed by atoms with E-state index in [1.165, 1.54) is 11.8 Å². The molecule has 8 nitrogen and oxygen atoms in total. The maximum atomic E-state index is 12.3. The quantitative estimate of drug-likeness (QED) is 0.876. The summed E-state index contributed by atoms with van der Waals surface area (Å²) in [6, 6.07) is 5.10. The summed E-state index contributed by atoms with van der Waals surface area (Å²) in [5.41, 5.74) is 2.18. The predicted octanol–water partition coefficient (Wildman–Crippen LogP) is 2.35. The van der Waals surface area contributed by atoms with Gasteiger partial charge in [-0.15, -0.1) is 0 Å². The Hall–Kier alpha value is -2.90. The van der Waals surface area contributed by atoms with Crippen molar-refractivity contribution in [2.24, 2.45) is 0 Å². The fourth-order valence-electron chi connectivity index (χ4n) is 2.06. The summed E-state index contributed by atoms with van der Waals surface area (Å²) >= 11 is 0. The minimum absolute atomic E-state index is 0.163. The Bertz CT molecular complexity index is 741. The number of amides is 3. The second kappa shape index (κ2) is 7.58. The lowest BCUT2D eigenvalue weighted by Gasteiger charge is -2.18. The lowest BCUT2D eigenvalue weighted by Crippen LogP contribution is -2.33. The summed E-state index contributed by atoms with van der Waals surface area (Å²) in [6.07, 6.45) is 0.506. The van der Waals surface area contributed by atoms with Crippen molar-refractivity contribution < 1.29 is 14.1 Å². The molecule has 1 aromatic heterocycles. The van der Waals surface area contributed by atoms with Gasteiger partial charge < -0.3 is 20.1 Å². The van der Waals surface area contributed by atoms with Crippen molar-refractivity contribution in [2.75, 3.05) is 24.2 Å². The van der Waals surface area contributed by atoms with Gasteiger partial charge in [-0.05, 0) is 24.6 Å². The number of aromatic nitrogens is 2. The maximum Gasteiger partial charge on any atom is 0.321 e. The number of carbonyl (C=O) groups excluding carboxylic acids is 2. The van der Waals surface area contributed by atoms with Crippen LogP contribution in [0.5, 0.6) is 0 Å². The first-order valence-electron chi connectivity index (χ1n) is 7.54. The van der Waals surface area contributed by atoms with Crippen LogP contribution in [0, 0.1) is 13.8 Å². The molecule has 0 atom stereocenters. The number of rotatable bonds is 5. The van der Waals surface area contributed by atoms with E-state index in [1.807, 2.05) is 13.0 Å². The van der Waals surface area contributed by atoms with E-state index in [9.17, 15) is 9.59 Å². The molecule has 0 spiro atoms. The molecule has 24 heavy (non-hydrogen) atoms. The molecule has 0 saturated heterocycles. The fraction of sp³-hybridized carbons (Fsp3) is 0.375. The van der Waals surface area contributed by atoms with Crippen molar-refractivity contribution in [3.63, 3.8) is 0 Å². The summed E-state index contributed by atoms with van der Waals surface area (Å²) in [5, 5.41) is 9.33. The maximum absolute atomic E-state index is 12.3. The first-order chi connectivity index (χ1) is 11.3. The largest absolute Gasteiger partial charge is 0.340 e. The van der Waals surface area contributed by atoms with Crippen LogP contribution in [-0.4, -0.2) is 40.6 Å². The standard InChI is InChI=1S/C16H21N5O3/c1-10-5-6-13(17-11(2)22)9-14(10)19-16(23)21(4)8-7-15-18-12(3)24-20-15/h5-6,9H,7-8H2,1-4H3,(H,17,22)(H,19,23). The summed E-state index contributed by atoms with van der Waals surface area (Å²) in [5.74, 6) is 0.905. The van der Waals surface area contributed by atoms with Crippen LogP contribution < -0.4 is 10.6 Å². The molecule has 1 aromatic carbocycles. The number of likely N-dealkylation sites (N-methyl/N-ethyl adjacent to an activating group) is 1. The van der Waals surface area contributed by atoms with Crippen LogP contribution in [0.2, 0.25) is 0 Å². The monoisotopic (exact) mass is 331 g/mol. The van der Waals surface area contributed by atoms with Crippen molar-refractivity contribution in [1.82, 2.24) is 15.0 Å². The molecule has 0 aliphatic rings. The number of carbonyl (C=O) groups is 2. The Kier molecular flexibility index (Phi) is 5.51. The number of benzene rings is 1. The zero-order valence-electron chi connectivity index (χ0n) is 14.2. The molecule has 0 saturated carbocycles. The summed E-state index contributed by atoms with van der Waals surface area (Å²) in [6.45, 7) is 5.49. The van der Waals surface area contributed by atoms with Crippen molar-refractivity contribution in [1.29, 1.82) is 0 Å². The first kappa shape index (κ1) is 17.5. The predicted molar refractivity (Wildman–Crippen MR) is 89.9 cm³/mol. The second-order valence-electron chi connectivity index (χ2n) is 5.54. The molecule has 2 aromatic rings. The fourth-order valence-corrected chi connectivity index (χ4v) is 2.06. The molecular formula is C16H21N5O3. The lowest BCUT2D eigenvalue weighted by molar-refractivity contribution is -0.114. The highest BCUT2D eigenvalue weighted by Crippen LogP contribution is 2.20. The molecule has 0 radical (unpaired) electrons. The topological polar surface area (TPSA) is 100 Å². The number of aryl methyl sites for hydroxylation is 2. The second-order valence-corrected chi connectivity index (χ2v) is 5.54. The number of nitrogens with zero attached hydrogens (tertiary/aromatic N) is 3. The normalized spacial score (nSPS) is 10.3. The van der Waals surface area contributed by atoms with Gasteiger partial charge >= 0.3 is 6.03 Å². The summed E-state index contributed by atoms with van der Waals surface area (Å²) in [4.78, 5) is 29.1. The summed E-state index contributed by atoms with van der Waals surface area (Å²) < 4.78 is 4.90. The Balaban J connectivity index is 1.96. The van der Waals surface area contributed by atoms with Gasteiger partial charge in [0.1, 0.15) is 0 Å². The number of urea groups is 1. The van der Waals surface area contributed by atoms with Gasteiger partial charge in [0, 0.05) is 45.2 Å². The van der Waals surface area contributed by atoms with E-state index in [-0.39, 0.29) is 11.9 Å². The third kappa shape index (κ3) is 4.80. The van der Waals surface area contributed by atoms with Gasteiger partial charge in [-0.1, -0.05) is 11.2 Å². The molecule has 2 N–H and O–H groups in total. The molecule has 1 heterocycles. The van der Waals surface area contributed by atoms with E-state index >= 15 is 0 Å². The van der Waals surface area contributed by atoms with E-state index in [4.69, 9.17) is 4.52 Å². The minimum Gasteiger partial charge on any atom is -0.340 e. The van der Waals surface area contributed by atoms with Gasteiger partial charge in [0.2, 0.25) is 11.8 Å². The molecule has 2 rings (SSSR count). The van der Waals surface area contributed by atoms with Crippen LogP contribution in [0.25, 0.3) is 0 Å².